The Labute approximate surface area is 157 Å². The molecule has 0 saturated carbocycles. The summed E-state index contributed by atoms with van der Waals surface area (Å²) in [6.45, 7) is 6.63. The minimum Gasteiger partial charge on any atom is -0.348 e. The number of benzene rings is 1. The smallest absolute Gasteiger partial charge is 0.184 e. The molecule has 1 fully saturated rings. The van der Waals surface area contributed by atoms with Gasteiger partial charge in [-0.05, 0) is 32.4 Å². The standard InChI is InChI=1S/C20H30O5S/c1-4-5-6-11-20(12-13-21,16-19(3)24-14-15-25-19)26(22,23)18-9-7-17(2)8-10-18/h7-10,13H,4-6,11-12,14-16H2,1-3H3. The molecule has 2 rings (SSSR count). The van der Waals surface area contributed by atoms with Gasteiger partial charge in [-0.15, -0.1) is 0 Å². The van der Waals surface area contributed by atoms with Gasteiger partial charge < -0.3 is 14.3 Å². The zero-order chi connectivity index (χ0) is 19.3. The third-order valence-electron chi connectivity index (χ3n) is 5.13. The Hall–Kier alpha value is -1.24. The molecule has 1 aromatic rings. The second-order valence-electron chi connectivity index (χ2n) is 7.33. The van der Waals surface area contributed by atoms with Gasteiger partial charge in [0.15, 0.2) is 15.6 Å². The van der Waals surface area contributed by atoms with Crippen LogP contribution in [0.1, 0.15) is 57.9 Å². The van der Waals surface area contributed by atoms with Gasteiger partial charge in [0.2, 0.25) is 0 Å². The lowest BCUT2D eigenvalue weighted by Crippen LogP contribution is -2.46. The molecule has 0 bridgehead atoms. The Morgan fingerprint density at radius 2 is 1.77 bits per heavy atom. The molecule has 1 unspecified atom stereocenters. The number of hydrogen-bond donors (Lipinski definition) is 0. The average Bonchev–Trinajstić information content (AvgIpc) is 3.01. The van der Waals surface area contributed by atoms with Crippen LogP contribution in [0.25, 0.3) is 0 Å². The molecule has 1 saturated heterocycles. The molecule has 0 aliphatic carbocycles. The minimum absolute atomic E-state index is 0.0603. The lowest BCUT2D eigenvalue weighted by molar-refractivity contribution is -0.153. The van der Waals surface area contributed by atoms with Crippen molar-refractivity contribution in [1.82, 2.24) is 0 Å². The first-order chi connectivity index (χ1) is 12.3. The molecule has 0 N–H and O–H groups in total. The highest BCUT2D eigenvalue weighted by molar-refractivity contribution is 7.92. The normalized spacial score (nSPS) is 19.2. The van der Waals surface area contributed by atoms with E-state index in [9.17, 15) is 13.2 Å². The summed E-state index contributed by atoms with van der Waals surface area (Å²) in [5.41, 5.74) is 0.991. The molecule has 1 heterocycles. The van der Waals surface area contributed by atoms with Gasteiger partial charge in [-0.3, -0.25) is 0 Å². The summed E-state index contributed by atoms with van der Waals surface area (Å²) in [6.07, 6.45) is 3.86. The van der Waals surface area contributed by atoms with Gasteiger partial charge in [-0.1, -0.05) is 43.9 Å². The number of rotatable bonds is 10. The molecule has 5 nitrogen and oxygen atoms in total. The van der Waals surface area contributed by atoms with E-state index in [1.54, 1.807) is 31.2 Å². The molecule has 0 aromatic heterocycles. The lowest BCUT2D eigenvalue weighted by Gasteiger charge is -2.37. The van der Waals surface area contributed by atoms with Gasteiger partial charge in [0.05, 0.1) is 22.9 Å². The number of hydrogen-bond acceptors (Lipinski definition) is 5. The molecular weight excluding hydrogens is 352 g/mol. The molecule has 146 valence electrons. The predicted octanol–water partition coefficient (Wildman–Crippen LogP) is 3.83. The van der Waals surface area contributed by atoms with Gasteiger partial charge in [0.1, 0.15) is 6.29 Å². The van der Waals surface area contributed by atoms with Gasteiger partial charge in [-0.25, -0.2) is 8.42 Å². The quantitative estimate of drug-likeness (QED) is 0.454. The van der Waals surface area contributed by atoms with E-state index in [-0.39, 0.29) is 17.7 Å². The Morgan fingerprint density at radius 1 is 1.15 bits per heavy atom. The number of ether oxygens (including phenoxy) is 2. The van der Waals surface area contributed by atoms with Crippen LogP contribution < -0.4 is 0 Å². The zero-order valence-corrected chi connectivity index (χ0v) is 16.8. The van der Waals surface area contributed by atoms with Gasteiger partial charge in [0.25, 0.3) is 0 Å². The number of carbonyl (C=O) groups excluding carboxylic acids is 1. The lowest BCUT2D eigenvalue weighted by atomic mass is 9.90. The van der Waals surface area contributed by atoms with Crippen LogP contribution in [0, 0.1) is 6.92 Å². The van der Waals surface area contributed by atoms with Crippen molar-refractivity contribution in [2.75, 3.05) is 13.2 Å². The summed E-state index contributed by atoms with van der Waals surface area (Å²) >= 11 is 0. The second kappa shape index (κ2) is 8.63. The van der Waals surface area contributed by atoms with Crippen LogP contribution in [0.3, 0.4) is 0 Å². The van der Waals surface area contributed by atoms with E-state index < -0.39 is 20.4 Å². The van der Waals surface area contributed by atoms with Gasteiger partial charge in [-0.2, -0.15) is 0 Å². The molecule has 0 amide bonds. The first-order valence-electron chi connectivity index (χ1n) is 9.31. The Balaban J connectivity index is 2.47. The van der Waals surface area contributed by atoms with Crippen LogP contribution in [0.15, 0.2) is 29.2 Å². The van der Waals surface area contributed by atoms with Crippen molar-refractivity contribution in [3.8, 4) is 0 Å². The number of unbranched alkanes of at least 4 members (excludes halogenated alkanes) is 2. The molecule has 6 heteroatoms. The van der Waals surface area contributed by atoms with Crippen molar-refractivity contribution in [2.24, 2.45) is 0 Å². The van der Waals surface area contributed by atoms with Crippen LogP contribution in [-0.4, -0.2) is 38.5 Å². The average molecular weight is 383 g/mol. The highest BCUT2D eigenvalue weighted by Crippen LogP contribution is 2.42. The molecule has 1 atom stereocenters. The summed E-state index contributed by atoms with van der Waals surface area (Å²) in [5, 5.41) is 0. The first-order valence-corrected chi connectivity index (χ1v) is 10.8. The Bertz CT molecular complexity index is 689. The number of aldehydes is 1. The molecule has 26 heavy (non-hydrogen) atoms. The van der Waals surface area contributed by atoms with Crippen LogP contribution in [0.4, 0.5) is 0 Å². The topological polar surface area (TPSA) is 69.7 Å². The third-order valence-corrected chi connectivity index (χ3v) is 7.68. The van der Waals surface area contributed by atoms with Crippen molar-refractivity contribution in [1.29, 1.82) is 0 Å². The van der Waals surface area contributed by atoms with E-state index in [0.717, 1.165) is 31.1 Å². The third kappa shape index (κ3) is 4.53. The zero-order valence-electron chi connectivity index (χ0n) is 16.0. The molecular formula is C20H30O5S. The maximum atomic E-state index is 13.6. The highest BCUT2D eigenvalue weighted by Gasteiger charge is 2.50. The van der Waals surface area contributed by atoms with E-state index in [4.69, 9.17) is 9.47 Å². The Kier molecular flexibility index (Phi) is 6.99. The fourth-order valence-corrected chi connectivity index (χ4v) is 5.81. The van der Waals surface area contributed by atoms with Crippen molar-refractivity contribution in [2.45, 2.75) is 74.7 Å². The van der Waals surface area contributed by atoms with E-state index in [2.05, 4.69) is 6.92 Å². The van der Waals surface area contributed by atoms with Crippen molar-refractivity contribution < 1.29 is 22.7 Å². The molecule has 0 radical (unpaired) electrons. The van der Waals surface area contributed by atoms with Crippen LogP contribution in [0.2, 0.25) is 0 Å². The van der Waals surface area contributed by atoms with Gasteiger partial charge in [0, 0.05) is 12.8 Å². The first kappa shape index (κ1) is 21.1. The molecule has 1 aliphatic heterocycles. The van der Waals surface area contributed by atoms with E-state index in [0.29, 0.717) is 19.6 Å². The predicted molar refractivity (Wildman–Crippen MR) is 101 cm³/mol. The van der Waals surface area contributed by atoms with E-state index >= 15 is 0 Å². The van der Waals surface area contributed by atoms with Crippen molar-refractivity contribution in [3.63, 3.8) is 0 Å². The minimum atomic E-state index is -3.74. The molecule has 1 aromatic carbocycles. The second-order valence-corrected chi connectivity index (χ2v) is 9.68. The number of sulfone groups is 1. The maximum Gasteiger partial charge on any atom is 0.184 e. The van der Waals surface area contributed by atoms with Crippen LogP contribution in [0.5, 0.6) is 0 Å². The van der Waals surface area contributed by atoms with Crippen LogP contribution >= 0.6 is 0 Å². The summed E-state index contributed by atoms with van der Waals surface area (Å²) in [4.78, 5) is 11.8. The summed E-state index contributed by atoms with van der Waals surface area (Å²) in [5.74, 6) is -0.979. The molecule has 1 aliphatic rings. The van der Waals surface area contributed by atoms with Gasteiger partial charge >= 0.3 is 0 Å². The fraction of sp³-hybridized carbons (Fsp3) is 0.650. The largest absolute Gasteiger partial charge is 0.348 e. The number of aryl methyl sites for hydroxylation is 1. The van der Waals surface area contributed by atoms with E-state index in [1.807, 2.05) is 6.92 Å². The SMILES string of the molecule is CCCCCC(CC=O)(CC1(C)OCCO1)S(=O)(=O)c1ccc(C)cc1. The summed E-state index contributed by atoms with van der Waals surface area (Å²) in [6, 6.07) is 6.83. The van der Waals surface area contributed by atoms with Crippen molar-refractivity contribution >= 4 is 16.1 Å². The Morgan fingerprint density at radius 3 is 2.31 bits per heavy atom. The van der Waals surface area contributed by atoms with E-state index in [1.165, 1.54) is 0 Å². The van der Waals surface area contributed by atoms with Crippen molar-refractivity contribution in [3.05, 3.63) is 29.8 Å². The number of carbonyl (C=O) groups is 1. The monoisotopic (exact) mass is 382 g/mol. The van der Waals surface area contributed by atoms with Crippen LogP contribution in [-0.2, 0) is 24.1 Å². The summed E-state index contributed by atoms with van der Waals surface area (Å²) < 4.78 is 37.4. The highest BCUT2D eigenvalue weighted by atomic mass is 32.2. The fourth-order valence-electron chi connectivity index (χ4n) is 3.66. The summed E-state index contributed by atoms with van der Waals surface area (Å²) in [7, 11) is -3.74. The molecule has 0 spiro atoms. The maximum absolute atomic E-state index is 13.6.